The second kappa shape index (κ2) is 10.5. The number of rotatable bonds is 7. The minimum absolute atomic E-state index is 0.157. The zero-order valence-electron chi connectivity index (χ0n) is 18.6. The van der Waals surface area contributed by atoms with Gasteiger partial charge in [0.2, 0.25) is 15.9 Å². The highest BCUT2D eigenvalue weighted by molar-refractivity contribution is 8.00. The fourth-order valence-corrected chi connectivity index (χ4v) is 6.34. The van der Waals surface area contributed by atoms with E-state index in [1.807, 2.05) is 60.7 Å². The predicted octanol–water partition coefficient (Wildman–Crippen LogP) is 5.58. The van der Waals surface area contributed by atoms with Crippen molar-refractivity contribution in [2.24, 2.45) is 5.92 Å². The number of thioether (sulfide) groups is 1. The third kappa shape index (κ3) is 5.85. The lowest BCUT2D eigenvalue weighted by Gasteiger charge is -2.29. The minimum Gasteiger partial charge on any atom is -0.325 e. The lowest BCUT2D eigenvalue weighted by molar-refractivity contribution is -0.115. The Balaban J connectivity index is 1.49. The van der Waals surface area contributed by atoms with Gasteiger partial charge in [0.15, 0.2) is 0 Å². The molecule has 1 unspecified atom stereocenters. The summed E-state index contributed by atoms with van der Waals surface area (Å²) < 4.78 is 27.5. The Labute approximate surface area is 200 Å². The van der Waals surface area contributed by atoms with Crippen LogP contribution in [0, 0.1) is 5.92 Å². The van der Waals surface area contributed by atoms with Crippen LogP contribution in [0.1, 0.15) is 30.6 Å². The number of nitrogens with one attached hydrogen (secondary N) is 1. The highest BCUT2D eigenvalue weighted by Crippen LogP contribution is 2.36. The summed E-state index contributed by atoms with van der Waals surface area (Å²) in [5, 5.41) is 2.52. The maximum Gasteiger partial charge on any atom is 0.243 e. The summed E-state index contributed by atoms with van der Waals surface area (Å²) in [4.78, 5) is 14.5. The summed E-state index contributed by atoms with van der Waals surface area (Å²) in [7, 11) is -3.51. The topological polar surface area (TPSA) is 66.5 Å². The number of benzene rings is 3. The van der Waals surface area contributed by atoms with Crippen molar-refractivity contribution in [1.82, 2.24) is 4.31 Å². The molecule has 0 spiro atoms. The summed E-state index contributed by atoms with van der Waals surface area (Å²) in [6.07, 6.45) is 1.76. The van der Waals surface area contributed by atoms with Gasteiger partial charge in [-0.2, -0.15) is 4.31 Å². The molecule has 5 nitrogen and oxygen atoms in total. The molecule has 0 bridgehead atoms. The van der Waals surface area contributed by atoms with Crippen molar-refractivity contribution in [3.05, 3.63) is 90.5 Å². The number of carbonyl (C=O) groups excluding carboxylic acids is 1. The fourth-order valence-electron chi connectivity index (χ4n) is 3.83. The van der Waals surface area contributed by atoms with Gasteiger partial charge in [-0.1, -0.05) is 55.5 Å². The van der Waals surface area contributed by atoms with Crippen molar-refractivity contribution in [1.29, 1.82) is 0 Å². The van der Waals surface area contributed by atoms with E-state index in [1.54, 1.807) is 28.6 Å². The summed E-state index contributed by atoms with van der Waals surface area (Å²) in [6, 6.07) is 25.9. The van der Waals surface area contributed by atoms with Crippen LogP contribution in [0.15, 0.2) is 94.7 Å². The standard InChI is InChI=1S/C26H28N2O3S2/c1-20-16-18-28(19-17-20)33(30,31)24-14-12-22(13-15-24)27-26(29)25(21-8-4-2-5-9-21)32-23-10-6-3-7-11-23/h2-15,20,25H,16-19H2,1H3,(H,27,29). The maximum absolute atomic E-state index is 13.2. The zero-order chi connectivity index (χ0) is 23.3. The Morgan fingerprint density at radius 2 is 1.48 bits per heavy atom. The number of anilines is 1. The maximum atomic E-state index is 13.2. The molecule has 1 aliphatic rings. The lowest BCUT2D eigenvalue weighted by Crippen LogP contribution is -2.37. The molecule has 3 aromatic carbocycles. The molecule has 4 rings (SSSR count). The van der Waals surface area contributed by atoms with E-state index in [4.69, 9.17) is 0 Å². The molecule has 0 saturated carbocycles. The zero-order valence-corrected chi connectivity index (χ0v) is 20.2. The van der Waals surface area contributed by atoms with Crippen molar-refractivity contribution in [3.63, 3.8) is 0 Å². The number of piperidine rings is 1. The molecule has 0 aromatic heterocycles. The van der Waals surface area contributed by atoms with Gasteiger partial charge in [-0.25, -0.2) is 8.42 Å². The first-order valence-corrected chi connectivity index (χ1v) is 13.4. The molecule has 1 aliphatic heterocycles. The van der Waals surface area contributed by atoms with E-state index in [9.17, 15) is 13.2 Å². The third-order valence-electron chi connectivity index (χ3n) is 5.84. The molecule has 0 aliphatic carbocycles. The van der Waals surface area contributed by atoms with Crippen molar-refractivity contribution in [2.45, 2.75) is 34.8 Å². The minimum atomic E-state index is -3.51. The van der Waals surface area contributed by atoms with Crippen molar-refractivity contribution >= 4 is 33.4 Å². The van der Waals surface area contributed by atoms with E-state index in [-0.39, 0.29) is 10.8 Å². The second-order valence-electron chi connectivity index (χ2n) is 8.32. The van der Waals surface area contributed by atoms with Crippen LogP contribution in [0.25, 0.3) is 0 Å². The molecule has 1 atom stereocenters. The summed E-state index contributed by atoms with van der Waals surface area (Å²) in [5.74, 6) is 0.399. The quantitative estimate of drug-likeness (QED) is 0.448. The van der Waals surface area contributed by atoms with E-state index >= 15 is 0 Å². The van der Waals surface area contributed by atoms with Crippen LogP contribution in [-0.4, -0.2) is 31.7 Å². The van der Waals surface area contributed by atoms with Gasteiger partial charge in [-0.05, 0) is 60.7 Å². The van der Waals surface area contributed by atoms with Crippen LogP contribution in [0.5, 0.6) is 0 Å². The normalized spacial score (nSPS) is 16.3. The van der Waals surface area contributed by atoms with Crippen molar-refractivity contribution in [3.8, 4) is 0 Å². The Kier molecular flexibility index (Phi) is 7.53. The van der Waals surface area contributed by atoms with Gasteiger partial charge in [0.05, 0.1) is 4.90 Å². The number of hydrogen-bond acceptors (Lipinski definition) is 4. The Bertz CT molecular complexity index is 1160. The first kappa shape index (κ1) is 23.5. The van der Waals surface area contributed by atoms with Crippen molar-refractivity contribution < 1.29 is 13.2 Å². The summed E-state index contributed by atoms with van der Waals surface area (Å²) in [6.45, 7) is 3.26. The van der Waals surface area contributed by atoms with Crippen LogP contribution < -0.4 is 5.32 Å². The number of carbonyl (C=O) groups is 1. The van der Waals surface area contributed by atoms with E-state index in [2.05, 4.69) is 12.2 Å². The van der Waals surface area contributed by atoms with E-state index in [0.29, 0.717) is 24.7 Å². The van der Waals surface area contributed by atoms with E-state index in [0.717, 1.165) is 23.3 Å². The van der Waals surface area contributed by atoms with Crippen molar-refractivity contribution in [2.75, 3.05) is 18.4 Å². The van der Waals surface area contributed by atoms with E-state index in [1.165, 1.54) is 11.8 Å². The molecule has 0 radical (unpaired) electrons. The lowest BCUT2D eigenvalue weighted by atomic mass is 10.0. The van der Waals surface area contributed by atoms with Crippen LogP contribution >= 0.6 is 11.8 Å². The number of nitrogens with zero attached hydrogens (tertiary/aromatic N) is 1. The molecule has 1 saturated heterocycles. The van der Waals surface area contributed by atoms with Gasteiger partial charge in [0.1, 0.15) is 5.25 Å². The molecule has 1 amide bonds. The highest BCUT2D eigenvalue weighted by Gasteiger charge is 2.28. The molecular formula is C26H28N2O3S2. The number of amides is 1. The molecule has 1 fully saturated rings. The van der Waals surface area contributed by atoms with Gasteiger partial charge in [-0.15, -0.1) is 11.8 Å². The summed E-state index contributed by atoms with van der Waals surface area (Å²) in [5.41, 5.74) is 1.48. The SMILES string of the molecule is CC1CCN(S(=O)(=O)c2ccc(NC(=O)C(Sc3ccccc3)c3ccccc3)cc2)CC1. The molecule has 3 aromatic rings. The molecule has 33 heavy (non-hydrogen) atoms. The first-order valence-electron chi connectivity index (χ1n) is 11.1. The van der Waals surface area contributed by atoms with E-state index < -0.39 is 15.3 Å². The number of hydrogen-bond donors (Lipinski definition) is 1. The third-order valence-corrected chi connectivity index (χ3v) is 9.02. The molecule has 1 N–H and O–H groups in total. The Hall–Kier alpha value is -2.61. The first-order chi connectivity index (χ1) is 15.9. The molecule has 7 heteroatoms. The highest BCUT2D eigenvalue weighted by atomic mass is 32.2. The fraction of sp³-hybridized carbons (Fsp3) is 0.269. The average molecular weight is 481 g/mol. The second-order valence-corrected chi connectivity index (χ2v) is 11.4. The van der Waals surface area contributed by atoms with Crippen LogP contribution in [0.3, 0.4) is 0 Å². The smallest absolute Gasteiger partial charge is 0.243 e. The Morgan fingerprint density at radius 3 is 2.09 bits per heavy atom. The van der Waals surface area contributed by atoms with Crippen LogP contribution in [0.2, 0.25) is 0 Å². The van der Waals surface area contributed by atoms with Crippen LogP contribution in [0.4, 0.5) is 5.69 Å². The largest absolute Gasteiger partial charge is 0.325 e. The summed E-state index contributed by atoms with van der Waals surface area (Å²) >= 11 is 1.48. The van der Waals surface area contributed by atoms with Gasteiger partial charge >= 0.3 is 0 Å². The Morgan fingerprint density at radius 1 is 0.909 bits per heavy atom. The molecular weight excluding hydrogens is 452 g/mol. The molecule has 172 valence electrons. The molecule has 1 heterocycles. The predicted molar refractivity (Wildman–Crippen MR) is 134 cm³/mol. The van der Waals surface area contributed by atoms with Crippen LogP contribution in [-0.2, 0) is 14.8 Å². The van der Waals surface area contributed by atoms with Gasteiger partial charge in [-0.3, -0.25) is 4.79 Å². The van der Waals surface area contributed by atoms with Gasteiger partial charge in [0, 0.05) is 23.7 Å². The monoisotopic (exact) mass is 480 g/mol. The van der Waals surface area contributed by atoms with Gasteiger partial charge in [0.25, 0.3) is 0 Å². The average Bonchev–Trinajstić information content (AvgIpc) is 2.84. The number of sulfonamides is 1. The van der Waals surface area contributed by atoms with Gasteiger partial charge < -0.3 is 5.32 Å².